The minimum atomic E-state index is 0.634. The first-order chi connectivity index (χ1) is 9.17. The van der Waals surface area contributed by atoms with Gasteiger partial charge in [0.25, 0.3) is 0 Å². The van der Waals surface area contributed by atoms with Crippen molar-refractivity contribution >= 4 is 0 Å². The summed E-state index contributed by atoms with van der Waals surface area (Å²) < 4.78 is 10.9. The van der Waals surface area contributed by atoms with Crippen LogP contribution in [-0.4, -0.2) is 23.7 Å². The lowest BCUT2D eigenvalue weighted by atomic mass is 10.0. The van der Waals surface area contributed by atoms with E-state index >= 15 is 0 Å². The van der Waals surface area contributed by atoms with Crippen molar-refractivity contribution in [1.82, 2.24) is 9.97 Å². The third-order valence-electron chi connectivity index (χ3n) is 2.98. The maximum absolute atomic E-state index is 5.49. The van der Waals surface area contributed by atoms with Gasteiger partial charge in [0.15, 0.2) is 0 Å². The normalized spacial score (nSPS) is 10.3. The molecule has 0 radical (unpaired) electrons. The summed E-state index contributed by atoms with van der Waals surface area (Å²) >= 11 is 0. The number of hydrogen-bond acceptors (Lipinski definition) is 4. The first-order valence-electron chi connectivity index (χ1n) is 6.26. The number of methoxy groups -OCH3 is 1. The zero-order chi connectivity index (χ0) is 13.8. The summed E-state index contributed by atoms with van der Waals surface area (Å²) in [4.78, 5) is 8.51. The zero-order valence-electron chi connectivity index (χ0n) is 11.7. The molecule has 0 fully saturated rings. The molecule has 0 aliphatic heterocycles. The molecule has 0 spiro atoms. The van der Waals surface area contributed by atoms with E-state index in [9.17, 15) is 0 Å². The second kappa shape index (κ2) is 5.69. The van der Waals surface area contributed by atoms with Crippen molar-refractivity contribution < 1.29 is 9.47 Å². The Kier molecular flexibility index (Phi) is 4.00. The predicted octanol–water partition coefficient (Wildman–Crippen LogP) is 3.17. The van der Waals surface area contributed by atoms with Gasteiger partial charge in [0, 0.05) is 28.6 Å². The Hall–Kier alpha value is -2.10. The lowest BCUT2D eigenvalue weighted by Crippen LogP contribution is -1.98. The van der Waals surface area contributed by atoms with Gasteiger partial charge in [0.1, 0.15) is 17.8 Å². The van der Waals surface area contributed by atoms with E-state index in [1.54, 1.807) is 13.4 Å². The molecule has 0 unspecified atom stereocenters. The van der Waals surface area contributed by atoms with Gasteiger partial charge in [-0.15, -0.1) is 0 Å². The number of ether oxygens (including phenoxy) is 2. The van der Waals surface area contributed by atoms with E-state index < -0.39 is 0 Å². The van der Waals surface area contributed by atoms with Gasteiger partial charge in [-0.3, -0.25) is 0 Å². The van der Waals surface area contributed by atoms with Gasteiger partial charge in [-0.05, 0) is 32.9 Å². The van der Waals surface area contributed by atoms with Crippen LogP contribution in [0.15, 0.2) is 24.5 Å². The molecule has 0 saturated heterocycles. The molecule has 0 N–H and O–H groups in total. The summed E-state index contributed by atoms with van der Waals surface area (Å²) in [5, 5.41) is 0. The van der Waals surface area contributed by atoms with E-state index in [1.807, 2.05) is 39.0 Å². The van der Waals surface area contributed by atoms with Gasteiger partial charge >= 0.3 is 0 Å². The molecule has 4 nitrogen and oxygen atoms in total. The van der Waals surface area contributed by atoms with Crippen molar-refractivity contribution in [3.05, 3.63) is 35.9 Å². The van der Waals surface area contributed by atoms with Gasteiger partial charge in [-0.25, -0.2) is 9.97 Å². The van der Waals surface area contributed by atoms with E-state index in [1.165, 1.54) is 0 Å². The van der Waals surface area contributed by atoms with Crippen LogP contribution in [0.1, 0.15) is 18.3 Å². The quantitative estimate of drug-likeness (QED) is 0.845. The van der Waals surface area contributed by atoms with Crippen LogP contribution in [0.25, 0.3) is 11.1 Å². The molecular formula is C15H18N2O2. The van der Waals surface area contributed by atoms with E-state index in [0.29, 0.717) is 6.61 Å². The number of aryl methyl sites for hydroxylation is 2. The fraction of sp³-hybridized carbons (Fsp3) is 0.333. The largest absolute Gasteiger partial charge is 0.496 e. The van der Waals surface area contributed by atoms with Crippen LogP contribution in [0.5, 0.6) is 11.5 Å². The SMILES string of the molecule is CCOc1ccc(-c2c(C)ncnc2C)c(OC)c1. The number of aromatic nitrogens is 2. The molecule has 100 valence electrons. The standard InChI is InChI=1S/C15H18N2O2/c1-5-19-12-6-7-13(14(8-12)18-4)15-10(2)16-9-17-11(15)3/h6-9H,5H2,1-4H3. The van der Waals surface area contributed by atoms with Crippen molar-refractivity contribution in [2.24, 2.45) is 0 Å². The highest BCUT2D eigenvalue weighted by Crippen LogP contribution is 2.35. The summed E-state index contributed by atoms with van der Waals surface area (Å²) in [5.41, 5.74) is 3.88. The number of nitrogens with zero attached hydrogens (tertiary/aromatic N) is 2. The van der Waals surface area contributed by atoms with E-state index in [0.717, 1.165) is 34.0 Å². The van der Waals surface area contributed by atoms with Crippen LogP contribution in [0.2, 0.25) is 0 Å². The van der Waals surface area contributed by atoms with E-state index in [-0.39, 0.29) is 0 Å². The molecule has 1 aromatic carbocycles. The highest BCUT2D eigenvalue weighted by Gasteiger charge is 2.13. The summed E-state index contributed by atoms with van der Waals surface area (Å²) in [6.45, 7) is 6.54. The monoisotopic (exact) mass is 258 g/mol. The molecular weight excluding hydrogens is 240 g/mol. The molecule has 0 saturated carbocycles. The molecule has 0 aliphatic rings. The van der Waals surface area contributed by atoms with Gasteiger partial charge in [-0.2, -0.15) is 0 Å². The molecule has 0 amide bonds. The van der Waals surface area contributed by atoms with Crippen LogP contribution in [0.3, 0.4) is 0 Å². The average molecular weight is 258 g/mol. The molecule has 1 aromatic heterocycles. The highest BCUT2D eigenvalue weighted by atomic mass is 16.5. The lowest BCUT2D eigenvalue weighted by molar-refractivity contribution is 0.336. The maximum Gasteiger partial charge on any atom is 0.130 e. The van der Waals surface area contributed by atoms with Crippen molar-refractivity contribution in [2.75, 3.05) is 13.7 Å². The van der Waals surface area contributed by atoms with E-state index in [2.05, 4.69) is 9.97 Å². The summed E-state index contributed by atoms with van der Waals surface area (Å²) in [6.07, 6.45) is 1.58. The Labute approximate surface area is 113 Å². The zero-order valence-corrected chi connectivity index (χ0v) is 11.7. The molecule has 2 aromatic rings. The molecule has 0 atom stereocenters. The van der Waals surface area contributed by atoms with Gasteiger partial charge in [0.05, 0.1) is 13.7 Å². The smallest absolute Gasteiger partial charge is 0.130 e. The Morgan fingerprint density at radius 3 is 2.37 bits per heavy atom. The number of hydrogen-bond donors (Lipinski definition) is 0. The van der Waals surface area contributed by atoms with Crippen LogP contribution in [-0.2, 0) is 0 Å². The molecule has 0 bridgehead atoms. The van der Waals surface area contributed by atoms with Crippen molar-refractivity contribution in [1.29, 1.82) is 0 Å². The van der Waals surface area contributed by atoms with Crippen molar-refractivity contribution in [3.8, 4) is 22.6 Å². The number of rotatable bonds is 4. The molecule has 2 rings (SSSR count). The van der Waals surface area contributed by atoms with Crippen molar-refractivity contribution in [3.63, 3.8) is 0 Å². The topological polar surface area (TPSA) is 44.2 Å². The van der Waals surface area contributed by atoms with Crippen molar-refractivity contribution in [2.45, 2.75) is 20.8 Å². The third kappa shape index (κ3) is 2.67. The van der Waals surface area contributed by atoms with Gasteiger partial charge in [0.2, 0.25) is 0 Å². The second-order valence-corrected chi connectivity index (χ2v) is 4.21. The molecule has 0 aliphatic carbocycles. The first kappa shape index (κ1) is 13.3. The van der Waals surface area contributed by atoms with Crippen LogP contribution >= 0.6 is 0 Å². The van der Waals surface area contributed by atoms with Gasteiger partial charge < -0.3 is 9.47 Å². The fourth-order valence-electron chi connectivity index (χ4n) is 2.12. The maximum atomic E-state index is 5.49. The minimum Gasteiger partial charge on any atom is -0.496 e. The summed E-state index contributed by atoms with van der Waals surface area (Å²) in [7, 11) is 1.66. The highest BCUT2D eigenvalue weighted by molar-refractivity contribution is 5.74. The summed E-state index contributed by atoms with van der Waals surface area (Å²) in [5.74, 6) is 1.57. The van der Waals surface area contributed by atoms with Gasteiger partial charge in [-0.1, -0.05) is 0 Å². The Morgan fingerprint density at radius 2 is 1.79 bits per heavy atom. The number of benzene rings is 1. The lowest BCUT2D eigenvalue weighted by Gasteiger charge is -2.14. The Bertz CT molecular complexity index is 562. The second-order valence-electron chi connectivity index (χ2n) is 4.21. The molecule has 19 heavy (non-hydrogen) atoms. The predicted molar refractivity (Wildman–Crippen MR) is 74.7 cm³/mol. The minimum absolute atomic E-state index is 0.634. The summed E-state index contributed by atoms with van der Waals surface area (Å²) in [6, 6.07) is 5.82. The Balaban J connectivity index is 2.56. The molecule has 1 heterocycles. The first-order valence-corrected chi connectivity index (χ1v) is 6.26. The van der Waals surface area contributed by atoms with E-state index in [4.69, 9.17) is 9.47 Å². The Morgan fingerprint density at radius 1 is 1.11 bits per heavy atom. The van der Waals surface area contributed by atoms with Crippen LogP contribution in [0.4, 0.5) is 0 Å². The molecule has 4 heteroatoms. The third-order valence-corrected chi connectivity index (χ3v) is 2.98. The average Bonchev–Trinajstić information content (AvgIpc) is 2.40. The fourth-order valence-corrected chi connectivity index (χ4v) is 2.12. The van der Waals surface area contributed by atoms with Crippen LogP contribution < -0.4 is 9.47 Å². The van der Waals surface area contributed by atoms with Crippen LogP contribution in [0, 0.1) is 13.8 Å².